The number of carbonyl (C=O) groups excluding carboxylic acids is 2. The number of hydrogen-bond donors (Lipinski definition) is 0. The summed E-state index contributed by atoms with van der Waals surface area (Å²) in [5.41, 5.74) is 0. The van der Waals surface area contributed by atoms with Crippen molar-refractivity contribution in [2.24, 2.45) is 5.92 Å². The van der Waals surface area contributed by atoms with Crippen molar-refractivity contribution in [3.63, 3.8) is 0 Å². The normalized spacial score (nSPS) is 28.1. The molecule has 0 N–H and O–H groups in total. The maximum Gasteiger partial charge on any atom is 0.232 e. The lowest BCUT2D eigenvalue weighted by Gasteiger charge is -2.33. The van der Waals surface area contributed by atoms with Gasteiger partial charge in [0.15, 0.2) is 0 Å². The fourth-order valence-corrected chi connectivity index (χ4v) is 2.40. The Kier molecular flexibility index (Phi) is 3.79. The predicted octanol–water partition coefficient (Wildman–Crippen LogP) is -0.371. The summed E-state index contributed by atoms with van der Waals surface area (Å²) in [6.07, 6.45) is 0.390. The SMILES string of the molecule is CC1CC(=O)N(CCN2CCN(C)CC2)C1=O. The van der Waals surface area contributed by atoms with Crippen LogP contribution in [0.2, 0.25) is 0 Å². The van der Waals surface area contributed by atoms with Crippen molar-refractivity contribution in [1.29, 1.82) is 0 Å². The van der Waals surface area contributed by atoms with Crippen molar-refractivity contribution in [1.82, 2.24) is 14.7 Å². The summed E-state index contributed by atoms with van der Waals surface area (Å²) in [6, 6.07) is 0. The average Bonchev–Trinajstić information content (AvgIpc) is 2.54. The molecule has 5 heteroatoms. The molecule has 0 aromatic carbocycles. The Balaban J connectivity index is 1.78. The van der Waals surface area contributed by atoms with Gasteiger partial charge in [-0.05, 0) is 7.05 Å². The van der Waals surface area contributed by atoms with Crippen LogP contribution in [0.3, 0.4) is 0 Å². The molecular formula is C12H21N3O2. The first kappa shape index (κ1) is 12.5. The summed E-state index contributed by atoms with van der Waals surface area (Å²) in [6.45, 7) is 7.40. The smallest absolute Gasteiger partial charge is 0.232 e. The molecule has 0 aromatic rings. The summed E-state index contributed by atoms with van der Waals surface area (Å²) < 4.78 is 0. The van der Waals surface area contributed by atoms with Gasteiger partial charge in [-0.1, -0.05) is 6.92 Å². The third kappa shape index (κ3) is 2.84. The van der Waals surface area contributed by atoms with Crippen LogP contribution in [-0.4, -0.2) is 72.8 Å². The minimum absolute atomic E-state index is 0.00312. The van der Waals surface area contributed by atoms with Crippen molar-refractivity contribution in [2.45, 2.75) is 13.3 Å². The van der Waals surface area contributed by atoms with Gasteiger partial charge in [-0.15, -0.1) is 0 Å². The zero-order chi connectivity index (χ0) is 12.4. The average molecular weight is 239 g/mol. The van der Waals surface area contributed by atoms with Crippen molar-refractivity contribution in [2.75, 3.05) is 46.3 Å². The Hall–Kier alpha value is -0.940. The molecule has 1 atom stereocenters. The van der Waals surface area contributed by atoms with Crippen LogP contribution >= 0.6 is 0 Å². The molecule has 17 heavy (non-hydrogen) atoms. The Morgan fingerprint density at radius 3 is 2.29 bits per heavy atom. The van der Waals surface area contributed by atoms with Gasteiger partial charge in [0, 0.05) is 51.6 Å². The van der Waals surface area contributed by atoms with E-state index in [2.05, 4.69) is 16.8 Å². The number of likely N-dealkylation sites (N-methyl/N-ethyl adjacent to an activating group) is 1. The number of amides is 2. The van der Waals surface area contributed by atoms with Crippen LogP contribution in [0, 0.1) is 5.92 Å². The minimum atomic E-state index is -0.116. The molecule has 0 aromatic heterocycles. The third-order valence-electron chi connectivity index (χ3n) is 3.71. The number of likely N-dealkylation sites (tertiary alicyclic amines) is 1. The van der Waals surface area contributed by atoms with E-state index in [1.165, 1.54) is 4.90 Å². The van der Waals surface area contributed by atoms with Crippen LogP contribution in [0.4, 0.5) is 0 Å². The molecule has 96 valence electrons. The second kappa shape index (κ2) is 5.14. The number of hydrogen-bond acceptors (Lipinski definition) is 4. The first-order valence-electron chi connectivity index (χ1n) is 6.33. The predicted molar refractivity (Wildman–Crippen MR) is 64.4 cm³/mol. The lowest BCUT2D eigenvalue weighted by Crippen LogP contribution is -2.47. The summed E-state index contributed by atoms with van der Waals surface area (Å²) in [5.74, 6) is -0.115. The second-order valence-corrected chi connectivity index (χ2v) is 5.13. The highest BCUT2D eigenvalue weighted by atomic mass is 16.2. The van der Waals surface area contributed by atoms with Crippen LogP contribution in [0.15, 0.2) is 0 Å². The van der Waals surface area contributed by atoms with Gasteiger partial charge in [-0.25, -0.2) is 0 Å². The largest absolute Gasteiger partial charge is 0.304 e. The fraction of sp³-hybridized carbons (Fsp3) is 0.833. The Morgan fingerprint density at radius 1 is 1.12 bits per heavy atom. The van der Waals surface area contributed by atoms with E-state index in [1.54, 1.807) is 0 Å². The lowest BCUT2D eigenvalue weighted by atomic mass is 10.1. The van der Waals surface area contributed by atoms with Crippen molar-refractivity contribution < 1.29 is 9.59 Å². The highest BCUT2D eigenvalue weighted by Crippen LogP contribution is 2.18. The highest BCUT2D eigenvalue weighted by Gasteiger charge is 2.35. The van der Waals surface area contributed by atoms with Gasteiger partial charge in [0.2, 0.25) is 11.8 Å². The number of piperazine rings is 1. The number of nitrogens with zero attached hydrogens (tertiary/aromatic N) is 3. The fourth-order valence-electron chi connectivity index (χ4n) is 2.40. The van der Waals surface area contributed by atoms with E-state index < -0.39 is 0 Å². The van der Waals surface area contributed by atoms with Gasteiger partial charge in [0.25, 0.3) is 0 Å². The number of imide groups is 1. The second-order valence-electron chi connectivity index (χ2n) is 5.13. The van der Waals surface area contributed by atoms with Gasteiger partial charge in [-0.3, -0.25) is 19.4 Å². The molecule has 5 nitrogen and oxygen atoms in total. The van der Waals surface area contributed by atoms with Crippen LogP contribution in [0.1, 0.15) is 13.3 Å². The Labute approximate surface area is 102 Å². The molecule has 0 bridgehead atoms. The van der Waals surface area contributed by atoms with Crippen molar-refractivity contribution in [3.05, 3.63) is 0 Å². The lowest BCUT2D eigenvalue weighted by molar-refractivity contribution is -0.139. The Morgan fingerprint density at radius 2 is 1.76 bits per heavy atom. The summed E-state index contributed by atoms with van der Waals surface area (Å²) in [4.78, 5) is 29.4. The van der Waals surface area contributed by atoms with Crippen molar-refractivity contribution in [3.8, 4) is 0 Å². The molecule has 2 amide bonds. The van der Waals surface area contributed by atoms with E-state index in [4.69, 9.17) is 0 Å². The topological polar surface area (TPSA) is 43.9 Å². The standard InChI is InChI=1S/C12H21N3O2/c1-10-9-11(16)15(12(10)17)8-7-14-5-3-13(2)4-6-14/h10H,3-9H2,1-2H3. The third-order valence-corrected chi connectivity index (χ3v) is 3.71. The molecule has 2 aliphatic heterocycles. The molecule has 0 saturated carbocycles. The molecule has 0 spiro atoms. The van der Waals surface area contributed by atoms with Crippen LogP contribution in [-0.2, 0) is 9.59 Å². The van der Waals surface area contributed by atoms with E-state index in [0.717, 1.165) is 32.7 Å². The zero-order valence-electron chi connectivity index (χ0n) is 10.7. The van der Waals surface area contributed by atoms with Gasteiger partial charge in [-0.2, -0.15) is 0 Å². The zero-order valence-corrected chi connectivity index (χ0v) is 10.7. The molecule has 2 rings (SSSR count). The van der Waals surface area contributed by atoms with Crippen LogP contribution in [0.5, 0.6) is 0 Å². The van der Waals surface area contributed by atoms with Gasteiger partial charge < -0.3 is 4.90 Å². The molecule has 2 saturated heterocycles. The van der Waals surface area contributed by atoms with Crippen LogP contribution in [0.25, 0.3) is 0 Å². The van der Waals surface area contributed by atoms with Gasteiger partial charge in [0.1, 0.15) is 0 Å². The molecule has 2 heterocycles. The molecule has 0 aliphatic carbocycles. The first-order valence-corrected chi connectivity index (χ1v) is 6.33. The quantitative estimate of drug-likeness (QED) is 0.630. The monoisotopic (exact) mass is 239 g/mol. The molecule has 2 fully saturated rings. The van der Waals surface area contributed by atoms with Gasteiger partial charge >= 0.3 is 0 Å². The maximum atomic E-state index is 11.7. The molecule has 0 radical (unpaired) electrons. The molecular weight excluding hydrogens is 218 g/mol. The summed E-state index contributed by atoms with van der Waals surface area (Å²) in [5, 5.41) is 0. The van der Waals surface area contributed by atoms with Gasteiger partial charge in [0.05, 0.1) is 0 Å². The van der Waals surface area contributed by atoms with E-state index >= 15 is 0 Å². The van der Waals surface area contributed by atoms with Crippen LogP contribution < -0.4 is 0 Å². The minimum Gasteiger partial charge on any atom is -0.304 e. The summed E-state index contributed by atoms with van der Waals surface area (Å²) >= 11 is 0. The van der Waals surface area contributed by atoms with Crippen molar-refractivity contribution >= 4 is 11.8 Å². The van der Waals surface area contributed by atoms with E-state index in [9.17, 15) is 9.59 Å². The number of rotatable bonds is 3. The number of carbonyl (C=O) groups is 2. The van der Waals surface area contributed by atoms with E-state index in [0.29, 0.717) is 13.0 Å². The molecule has 1 unspecified atom stereocenters. The summed E-state index contributed by atoms with van der Waals surface area (Å²) in [7, 11) is 2.12. The molecule has 2 aliphatic rings. The first-order chi connectivity index (χ1) is 8.08. The highest BCUT2D eigenvalue weighted by molar-refractivity contribution is 6.03. The van der Waals surface area contributed by atoms with E-state index in [-0.39, 0.29) is 17.7 Å². The Bertz CT molecular complexity index is 311. The maximum absolute atomic E-state index is 11.7. The van der Waals surface area contributed by atoms with E-state index in [1.807, 2.05) is 6.92 Å².